The Morgan fingerprint density at radius 1 is 1.07 bits per heavy atom. The number of nitrogens with one attached hydrogen (secondary N) is 1. The second kappa shape index (κ2) is 9.06. The molecule has 0 saturated carbocycles. The molecule has 6 N–H and O–H groups in total. The van der Waals surface area contributed by atoms with E-state index in [9.17, 15) is 5.11 Å². The summed E-state index contributed by atoms with van der Waals surface area (Å²) in [7, 11) is 0. The second-order valence-electron chi connectivity index (χ2n) is 3.93. The number of nitrogens with two attached hydrogens (primary N) is 1. The van der Waals surface area contributed by atoms with E-state index in [2.05, 4.69) is 5.32 Å². The maximum Gasteiger partial charge on any atom is 0.151 e. The third kappa shape index (κ3) is 10.1. The Morgan fingerprint density at radius 2 is 1.73 bits per heavy atom. The molecular weight excluding hydrogens is 196 g/mol. The molecule has 5 nitrogen and oxygen atoms in total. The van der Waals surface area contributed by atoms with Crippen molar-refractivity contribution in [1.29, 1.82) is 0 Å². The maximum atomic E-state index is 9.53. The van der Waals surface area contributed by atoms with Crippen molar-refractivity contribution in [2.45, 2.75) is 57.6 Å². The van der Waals surface area contributed by atoms with Crippen molar-refractivity contribution in [3.8, 4) is 0 Å². The first-order valence-corrected chi connectivity index (χ1v) is 5.56. The fourth-order valence-corrected chi connectivity index (χ4v) is 1.38. The molecule has 0 amide bonds. The van der Waals surface area contributed by atoms with Crippen LogP contribution in [0.15, 0.2) is 0 Å². The summed E-state index contributed by atoms with van der Waals surface area (Å²) in [5.74, 6) is 0. The van der Waals surface area contributed by atoms with Gasteiger partial charge in [0, 0.05) is 6.04 Å². The lowest BCUT2D eigenvalue weighted by Gasteiger charge is -2.19. The van der Waals surface area contributed by atoms with Crippen molar-refractivity contribution in [1.82, 2.24) is 5.32 Å². The highest BCUT2D eigenvalue weighted by molar-refractivity contribution is 4.64. The van der Waals surface area contributed by atoms with Crippen LogP contribution >= 0.6 is 0 Å². The SMILES string of the molecule is C[C@H](CCC(O)O)NC(O)CCCCN. The molecule has 0 heterocycles. The average Bonchev–Trinajstić information content (AvgIpc) is 2.15. The van der Waals surface area contributed by atoms with Crippen LogP contribution in [-0.2, 0) is 0 Å². The lowest BCUT2D eigenvalue weighted by Crippen LogP contribution is -2.36. The topological polar surface area (TPSA) is 98.7 Å². The average molecular weight is 220 g/mol. The molecule has 0 aromatic carbocycles. The largest absolute Gasteiger partial charge is 0.379 e. The molecule has 5 heteroatoms. The molecule has 0 saturated heterocycles. The molecule has 1 unspecified atom stereocenters. The second-order valence-corrected chi connectivity index (χ2v) is 3.93. The summed E-state index contributed by atoms with van der Waals surface area (Å²) >= 11 is 0. The van der Waals surface area contributed by atoms with Gasteiger partial charge in [0.1, 0.15) is 6.23 Å². The van der Waals surface area contributed by atoms with Gasteiger partial charge in [0.05, 0.1) is 0 Å². The number of hydrogen-bond acceptors (Lipinski definition) is 5. The quantitative estimate of drug-likeness (QED) is 0.266. The monoisotopic (exact) mass is 220 g/mol. The van der Waals surface area contributed by atoms with Crippen molar-refractivity contribution in [3.63, 3.8) is 0 Å². The van der Waals surface area contributed by atoms with Crippen LogP contribution in [0.1, 0.15) is 39.0 Å². The molecule has 0 aromatic heterocycles. The van der Waals surface area contributed by atoms with E-state index in [-0.39, 0.29) is 6.04 Å². The smallest absolute Gasteiger partial charge is 0.151 e. The minimum Gasteiger partial charge on any atom is -0.379 e. The first-order valence-electron chi connectivity index (χ1n) is 5.56. The van der Waals surface area contributed by atoms with Gasteiger partial charge in [-0.15, -0.1) is 0 Å². The first kappa shape index (κ1) is 14.8. The van der Waals surface area contributed by atoms with Crippen molar-refractivity contribution in [3.05, 3.63) is 0 Å². The third-order valence-corrected chi connectivity index (χ3v) is 2.27. The van der Waals surface area contributed by atoms with Gasteiger partial charge in [-0.2, -0.15) is 0 Å². The van der Waals surface area contributed by atoms with Gasteiger partial charge in [0.15, 0.2) is 6.29 Å². The van der Waals surface area contributed by atoms with Gasteiger partial charge in [-0.05, 0) is 45.6 Å². The number of unbranched alkanes of at least 4 members (excludes halogenated alkanes) is 1. The summed E-state index contributed by atoms with van der Waals surface area (Å²) < 4.78 is 0. The Bertz CT molecular complexity index is 145. The standard InChI is InChI=1S/C10H24N2O3/c1-8(5-6-10(14)15)12-9(13)4-2-3-7-11/h8-10,12-15H,2-7,11H2,1H3/t8-,9?/m1/s1. The van der Waals surface area contributed by atoms with Gasteiger partial charge in [0.2, 0.25) is 0 Å². The molecule has 0 rings (SSSR count). The van der Waals surface area contributed by atoms with Crippen molar-refractivity contribution < 1.29 is 15.3 Å². The van der Waals surface area contributed by atoms with Crippen molar-refractivity contribution in [2.75, 3.05) is 6.54 Å². The molecule has 0 aliphatic heterocycles. The Hall–Kier alpha value is -0.200. The fourth-order valence-electron chi connectivity index (χ4n) is 1.38. The number of aliphatic hydroxyl groups is 3. The fraction of sp³-hybridized carbons (Fsp3) is 1.00. The van der Waals surface area contributed by atoms with Gasteiger partial charge in [0.25, 0.3) is 0 Å². The maximum absolute atomic E-state index is 9.53. The van der Waals surface area contributed by atoms with E-state index < -0.39 is 12.5 Å². The number of hydrogen-bond donors (Lipinski definition) is 5. The highest BCUT2D eigenvalue weighted by Crippen LogP contribution is 2.03. The lowest BCUT2D eigenvalue weighted by atomic mass is 10.1. The molecule has 0 bridgehead atoms. The molecule has 0 spiro atoms. The van der Waals surface area contributed by atoms with E-state index in [0.717, 1.165) is 12.8 Å². The molecule has 0 aliphatic carbocycles. The van der Waals surface area contributed by atoms with E-state index in [1.807, 2.05) is 6.92 Å². The Kier molecular flexibility index (Phi) is 8.94. The normalized spacial score (nSPS) is 15.6. The highest BCUT2D eigenvalue weighted by atomic mass is 16.5. The molecule has 0 fully saturated rings. The number of aliphatic hydroxyl groups excluding tert-OH is 2. The summed E-state index contributed by atoms with van der Waals surface area (Å²) in [6.45, 7) is 2.56. The van der Waals surface area contributed by atoms with Crippen molar-refractivity contribution >= 4 is 0 Å². The van der Waals surface area contributed by atoms with Gasteiger partial charge in [-0.25, -0.2) is 0 Å². The summed E-state index contributed by atoms with van der Waals surface area (Å²) in [5, 5.41) is 29.8. The van der Waals surface area contributed by atoms with E-state index >= 15 is 0 Å². The van der Waals surface area contributed by atoms with Crippen LogP contribution in [-0.4, -0.2) is 40.4 Å². The van der Waals surface area contributed by atoms with Crippen LogP contribution in [0, 0.1) is 0 Å². The van der Waals surface area contributed by atoms with E-state index in [1.165, 1.54) is 0 Å². The molecule has 2 atom stereocenters. The Labute approximate surface area is 91.3 Å². The Morgan fingerprint density at radius 3 is 2.27 bits per heavy atom. The van der Waals surface area contributed by atoms with Crippen LogP contribution in [0.5, 0.6) is 0 Å². The minimum atomic E-state index is -1.26. The van der Waals surface area contributed by atoms with Crippen LogP contribution in [0.4, 0.5) is 0 Å². The van der Waals surface area contributed by atoms with E-state index in [1.54, 1.807) is 0 Å². The van der Waals surface area contributed by atoms with E-state index in [0.29, 0.717) is 25.8 Å². The van der Waals surface area contributed by atoms with E-state index in [4.69, 9.17) is 15.9 Å². The van der Waals surface area contributed by atoms with Crippen LogP contribution in [0.25, 0.3) is 0 Å². The van der Waals surface area contributed by atoms with Crippen molar-refractivity contribution in [2.24, 2.45) is 5.73 Å². The zero-order valence-corrected chi connectivity index (χ0v) is 9.39. The van der Waals surface area contributed by atoms with Gasteiger partial charge in [-0.3, -0.25) is 5.32 Å². The predicted molar refractivity (Wildman–Crippen MR) is 59.0 cm³/mol. The summed E-state index contributed by atoms with van der Waals surface area (Å²) in [6, 6.07) is 0.0830. The molecule has 92 valence electrons. The van der Waals surface area contributed by atoms with Crippen LogP contribution in [0.3, 0.4) is 0 Å². The summed E-state index contributed by atoms with van der Waals surface area (Å²) in [4.78, 5) is 0. The minimum absolute atomic E-state index is 0.0830. The zero-order valence-electron chi connectivity index (χ0n) is 9.39. The van der Waals surface area contributed by atoms with Crippen LogP contribution in [0.2, 0.25) is 0 Å². The first-order chi connectivity index (χ1) is 7.06. The highest BCUT2D eigenvalue weighted by Gasteiger charge is 2.09. The molecule has 0 aliphatic rings. The van der Waals surface area contributed by atoms with Gasteiger partial charge in [-0.1, -0.05) is 0 Å². The molecule has 0 aromatic rings. The zero-order chi connectivity index (χ0) is 11.7. The molecule has 0 radical (unpaired) electrons. The van der Waals surface area contributed by atoms with Gasteiger partial charge >= 0.3 is 0 Å². The molecule has 15 heavy (non-hydrogen) atoms. The van der Waals surface area contributed by atoms with Crippen LogP contribution < -0.4 is 11.1 Å². The van der Waals surface area contributed by atoms with Gasteiger partial charge < -0.3 is 21.1 Å². The number of rotatable bonds is 9. The summed E-state index contributed by atoms with van der Waals surface area (Å²) in [5.41, 5.74) is 5.34. The predicted octanol–water partition coefficient (Wildman–Crippen LogP) is -0.497. The Balaban J connectivity index is 3.44. The summed E-state index contributed by atoms with van der Waals surface area (Å²) in [6.07, 6.45) is 1.67. The third-order valence-electron chi connectivity index (χ3n) is 2.27. The molecular formula is C10H24N2O3. The lowest BCUT2D eigenvalue weighted by molar-refractivity contribution is -0.0485.